The van der Waals surface area contributed by atoms with Gasteiger partial charge in [0.25, 0.3) is 0 Å². The molecule has 1 aromatic carbocycles. The number of hydrogen-bond acceptors (Lipinski definition) is 5. The molecule has 4 N–H and O–H groups in total. The number of benzene rings is 2. The number of phenolic OH excluding ortho intramolecular Hbond substituents is 1. The molecule has 0 heterocycles. The highest BCUT2D eigenvalue weighted by Crippen LogP contribution is 2.32. The number of aromatic hydroxyl groups is 1. The van der Waals surface area contributed by atoms with Crippen LogP contribution in [0.5, 0.6) is 11.5 Å². The molecule has 0 bridgehead atoms. The van der Waals surface area contributed by atoms with Gasteiger partial charge in [-0.1, -0.05) is 24.3 Å². The third-order valence-corrected chi connectivity index (χ3v) is 3.90. The van der Waals surface area contributed by atoms with E-state index in [1.807, 2.05) is 0 Å². The summed E-state index contributed by atoms with van der Waals surface area (Å²) < 4.78 is 4.97. The molecule has 7 heteroatoms. The Kier molecular flexibility index (Phi) is 5.84. The largest absolute Gasteiger partial charge is 0.504 e. The van der Waals surface area contributed by atoms with E-state index in [1.165, 1.54) is 38.2 Å². The van der Waals surface area contributed by atoms with E-state index in [1.54, 1.807) is 12.1 Å². The Labute approximate surface area is 151 Å². The van der Waals surface area contributed by atoms with Crippen LogP contribution in [0.1, 0.15) is 19.4 Å². The van der Waals surface area contributed by atoms with Crippen molar-refractivity contribution in [2.24, 2.45) is 0 Å². The molecule has 1 unspecified atom stereocenters. The lowest BCUT2D eigenvalue weighted by atomic mass is 9.93. The van der Waals surface area contributed by atoms with Crippen LogP contribution in [0.15, 0.2) is 42.5 Å². The Morgan fingerprint density at radius 3 is 2.23 bits per heavy atom. The first kappa shape index (κ1) is 19.3. The van der Waals surface area contributed by atoms with Crippen LogP contribution in [0, 0.1) is 0 Å². The molecule has 3 rings (SSSR count). The van der Waals surface area contributed by atoms with Crippen molar-refractivity contribution in [3.8, 4) is 22.6 Å². The molecule has 1 atom stereocenters. The standard InChI is InChI=1S/C13H18N2O5.C6H4/c1-8(16)14-15-13(2,12(18)19)7-9-4-5-10(17)11(6-9)20-3;1-2-5-4-6(5)3-1/h4-6,15,17H,7H2,1-3H3,(H,14,16)(H,18,19);1-4H. The number of carboxylic acids is 1. The van der Waals surface area contributed by atoms with Crippen LogP contribution in [-0.2, 0) is 16.0 Å². The van der Waals surface area contributed by atoms with E-state index < -0.39 is 11.5 Å². The van der Waals surface area contributed by atoms with E-state index in [0.29, 0.717) is 5.56 Å². The number of aliphatic carboxylic acids is 1. The minimum absolute atomic E-state index is 0.0249. The fourth-order valence-corrected chi connectivity index (χ4v) is 2.32. The summed E-state index contributed by atoms with van der Waals surface area (Å²) in [5.41, 5.74) is 6.88. The highest BCUT2D eigenvalue weighted by Gasteiger charge is 2.33. The van der Waals surface area contributed by atoms with E-state index >= 15 is 0 Å². The first-order valence-electron chi connectivity index (χ1n) is 7.98. The highest BCUT2D eigenvalue weighted by molar-refractivity contribution is 5.80. The number of fused-ring (bicyclic) bond motifs is 1. The molecule has 0 aromatic heterocycles. The quantitative estimate of drug-likeness (QED) is 0.503. The number of carbonyl (C=O) groups excluding carboxylic acids is 1. The van der Waals surface area contributed by atoms with E-state index in [2.05, 4.69) is 35.1 Å². The Morgan fingerprint density at radius 2 is 1.81 bits per heavy atom. The molecule has 0 spiro atoms. The number of amides is 1. The summed E-state index contributed by atoms with van der Waals surface area (Å²) in [5, 5.41) is 18.8. The van der Waals surface area contributed by atoms with Crippen molar-refractivity contribution in [1.29, 1.82) is 0 Å². The summed E-state index contributed by atoms with van der Waals surface area (Å²) in [6.45, 7) is 2.73. The van der Waals surface area contributed by atoms with Crippen LogP contribution in [0.4, 0.5) is 0 Å². The summed E-state index contributed by atoms with van der Waals surface area (Å²) in [4.78, 5) is 22.3. The van der Waals surface area contributed by atoms with Crippen molar-refractivity contribution in [3.05, 3.63) is 48.0 Å². The maximum Gasteiger partial charge on any atom is 0.325 e. The maximum atomic E-state index is 11.4. The molecule has 0 saturated heterocycles. The predicted octanol–water partition coefficient (Wildman–Crippen LogP) is 2.09. The summed E-state index contributed by atoms with van der Waals surface area (Å²) >= 11 is 0. The number of methoxy groups -OCH3 is 1. The summed E-state index contributed by atoms with van der Waals surface area (Å²) in [6.07, 6.45) is 0.0965. The third-order valence-electron chi connectivity index (χ3n) is 3.90. The molecule has 7 nitrogen and oxygen atoms in total. The van der Waals surface area contributed by atoms with Gasteiger partial charge in [0.15, 0.2) is 11.5 Å². The topological polar surface area (TPSA) is 108 Å². The Balaban J connectivity index is 0.000000331. The van der Waals surface area contributed by atoms with Crippen molar-refractivity contribution in [2.75, 3.05) is 7.11 Å². The van der Waals surface area contributed by atoms with Crippen molar-refractivity contribution >= 4 is 11.9 Å². The fraction of sp³-hybridized carbons (Fsp3) is 0.263. The highest BCUT2D eigenvalue weighted by atomic mass is 16.5. The van der Waals surface area contributed by atoms with Gasteiger partial charge in [0.05, 0.1) is 7.11 Å². The van der Waals surface area contributed by atoms with Gasteiger partial charge < -0.3 is 14.9 Å². The molecule has 0 fully saturated rings. The Hall–Kier alpha value is -3.06. The number of phenols is 1. The third kappa shape index (κ3) is 4.97. The first-order valence-corrected chi connectivity index (χ1v) is 7.98. The second kappa shape index (κ2) is 7.88. The molecule has 1 aromatic rings. The van der Waals surface area contributed by atoms with Crippen LogP contribution in [0.25, 0.3) is 11.1 Å². The van der Waals surface area contributed by atoms with E-state index in [0.717, 1.165) is 0 Å². The lowest BCUT2D eigenvalue weighted by molar-refractivity contribution is -0.145. The average molecular weight is 358 g/mol. The molecule has 0 aliphatic heterocycles. The molecule has 26 heavy (non-hydrogen) atoms. The molecule has 0 radical (unpaired) electrons. The number of carbonyl (C=O) groups is 2. The van der Waals surface area contributed by atoms with Crippen molar-refractivity contribution in [2.45, 2.75) is 25.8 Å². The van der Waals surface area contributed by atoms with Crippen molar-refractivity contribution < 1.29 is 24.5 Å². The molecule has 2 aliphatic carbocycles. The number of hydrogen-bond donors (Lipinski definition) is 4. The predicted molar refractivity (Wildman–Crippen MR) is 96.8 cm³/mol. The maximum absolute atomic E-state index is 11.4. The second-order valence-electron chi connectivity index (χ2n) is 6.21. The number of nitrogens with one attached hydrogen (secondary N) is 2. The van der Waals surface area contributed by atoms with Crippen LogP contribution in [0.2, 0.25) is 0 Å². The lowest BCUT2D eigenvalue weighted by Gasteiger charge is -2.26. The fourth-order valence-electron chi connectivity index (χ4n) is 2.32. The summed E-state index contributed by atoms with van der Waals surface area (Å²) in [7, 11) is 1.41. The summed E-state index contributed by atoms with van der Waals surface area (Å²) in [5.74, 6) is -1.27. The van der Waals surface area contributed by atoms with Crippen molar-refractivity contribution in [1.82, 2.24) is 10.9 Å². The van der Waals surface area contributed by atoms with Crippen LogP contribution in [-0.4, -0.2) is 34.7 Å². The van der Waals surface area contributed by atoms with Crippen LogP contribution in [0.3, 0.4) is 0 Å². The summed E-state index contributed by atoms with van der Waals surface area (Å²) in [6, 6.07) is 13.0. The molecule has 1 amide bonds. The normalized spacial score (nSPS) is 12.9. The molecular weight excluding hydrogens is 336 g/mol. The lowest BCUT2D eigenvalue weighted by Crippen LogP contribution is -2.58. The smallest absolute Gasteiger partial charge is 0.325 e. The minimum Gasteiger partial charge on any atom is -0.504 e. The zero-order valence-corrected chi connectivity index (χ0v) is 14.9. The van der Waals surface area contributed by atoms with Gasteiger partial charge in [-0.05, 0) is 41.8 Å². The Morgan fingerprint density at radius 1 is 1.15 bits per heavy atom. The average Bonchev–Trinajstić information content (AvgIpc) is 3.20. The first-order chi connectivity index (χ1) is 12.2. The number of rotatable bonds is 6. The molecule has 138 valence electrons. The zero-order chi connectivity index (χ0) is 19.3. The molecule has 0 saturated carbocycles. The van der Waals surface area contributed by atoms with Crippen LogP contribution >= 0.6 is 0 Å². The van der Waals surface area contributed by atoms with Gasteiger partial charge in [0.2, 0.25) is 5.91 Å². The number of hydrazine groups is 1. The zero-order valence-electron chi connectivity index (χ0n) is 14.9. The van der Waals surface area contributed by atoms with Gasteiger partial charge in [-0.15, -0.1) is 0 Å². The van der Waals surface area contributed by atoms with E-state index in [-0.39, 0.29) is 23.8 Å². The van der Waals surface area contributed by atoms with Crippen LogP contribution < -0.4 is 15.6 Å². The van der Waals surface area contributed by atoms with Gasteiger partial charge in [-0.2, -0.15) is 0 Å². The monoisotopic (exact) mass is 358 g/mol. The number of carboxylic acid groups (broad SMARTS) is 1. The molecule has 2 aliphatic rings. The van der Waals surface area contributed by atoms with Gasteiger partial charge >= 0.3 is 5.97 Å². The van der Waals surface area contributed by atoms with E-state index in [9.17, 15) is 19.8 Å². The van der Waals surface area contributed by atoms with Gasteiger partial charge in [0, 0.05) is 13.3 Å². The van der Waals surface area contributed by atoms with Gasteiger partial charge in [0.1, 0.15) is 5.54 Å². The second-order valence-corrected chi connectivity index (χ2v) is 6.21. The number of ether oxygens (including phenoxy) is 1. The van der Waals surface area contributed by atoms with Crippen molar-refractivity contribution in [3.63, 3.8) is 0 Å². The SMILES string of the molecule is COc1cc(CC(C)(NNC(C)=O)C(=O)O)ccc1O.c1cc2cc-2c1. The van der Waals surface area contributed by atoms with Gasteiger partial charge in [-0.3, -0.25) is 15.0 Å². The molecular formula is C19H22N2O5. The van der Waals surface area contributed by atoms with Gasteiger partial charge in [-0.25, -0.2) is 5.43 Å². The Bertz CT molecular complexity index is 804. The minimum atomic E-state index is -1.38. The van der Waals surface area contributed by atoms with E-state index in [4.69, 9.17) is 4.74 Å².